The number of thiophene rings is 1. The van der Waals surface area contributed by atoms with E-state index in [0.29, 0.717) is 0 Å². The highest BCUT2D eigenvalue weighted by atomic mass is 32.1. The number of nitrogens with zero attached hydrogens (tertiary/aromatic N) is 1. The van der Waals surface area contributed by atoms with Crippen LogP contribution >= 0.6 is 11.3 Å². The van der Waals surface area contributed by atoms with Crippen molar-refractivity contribution in [3.05, 3.63) is 87.5 Å². The summed E-state index contributed by atoms with van der Waals surface area (Å²) >= 11 is 1.67. The highest BCUT2D eigenvalue weighted by Gasteiger charge is 2.33. The number of benzene rings is 2. The predicted octanol–water partition coefficient (Wildman–Crippen LogP) is 4.30. The van der Waals surface area contributed by atoms with E-state index in [9.17, 15) is 9.18 Å². The van der Waals surface area contributed by atoms with Gasteiger partial charge in [0.05, 0.1) is 5.56 Å². The first-order chi connectivity index (χ1) is 13.7. The van der Waals surface area contributed by atoms with Gasteiger partial charge < -0.3 is 10.6 Å². The molecule has 0 saturated heterocycles. The molecule has 142 valence electrons. The van der Waals surface area contributed by atoms with Crippen molar-refractivity contribution >= 4 is 22.2 Å². The Hall–Kier alpha value is -2.70. The van der Waals surface area contributed by atoms with E-state index in [1.165, 1.54) is 28.1 Å². The third-order valence-electron chi connectivity index (χ3n) is 5.37. The molecule has 1 atom stereocenters. The fourth-order valence-electron chi connectivity index (χ4n) is 3.97. The summed E-state index contributed by atoms with van der Waals surface area (Å²) in [6.07, 6.45) is 0.547. The van der Waals surface area contributed by atoms with E-state index in [4.69, 9.17) is 0 Å². The fraction of sp³-hybridized carbons (Fsp3) is 0.227. The van der Waals surface area contributed by atoms with Crippen molar-refractivity contribution in [1.82, 2.24) is 10.2 Å². The molecule has 1 amide bonds. The normalized spacial score (nSPS) is 18.8. The van der Waals surface area contributed by atoms with Gasteiger partial charge in [-0.25, -0.2) is 4.39 Å². The summed E-state index contributed by atoms with van der Waals surface area (Å²) in [4.78, 5) is 16.5. The maximum absolute atomic E-state index is 13.2. The van der Waals surface area contributed by atoms with Crippen LogP contribution in [0.5, 0.6) is 0 Å². The quantitative estimate of drug-likeness (QED) is 0.697. The van der Waals surface area contributed by atoms with Gasteiger partial charge in [0, 0.05) is 24.5 Å². The van der Waals surface area contributed by atoms with Crippen LogP contribution in [0.3, 0.4) is 0 Å². The molecule has 2 aliphatic rings. The van der Waals surface area contributed by atoms with E-state index < -0.39 is 0 Å². The van der Waals surface area contributed by atoms with Crippen LogP contribution in [-0.4, -0.2) is 17.4 Å². The van der Waals surface area contributed by atoms with Gasteiger partial charge in [-0.15, -0.1) is 11.3 Å². The number of hydrogen-bond donors (Lipinski definition) is 2. The lowest BCUT2D eigenvalue weighted by Crippen LogP contribution is -2.38. The van der Waals surface area contributed by atoms with Crippen molar-refractivity contribution in [3.8, 4) is 0 Å². The van der Waals surface area contributed by atoms with Gasteiger partial charge in [0.15, 0.2) is 0 Å². The number of rotatable bonds is 3. The number of hydrogen-bond acceptors (Lipinski definition) is 4. The maximum Gasteiger partial charge on any atom is 0.256 e. The topological polar surface area (TPSA) is 44.4 Å². The lowest BCUT2D eigenvalue weighted by atomic mass is 10.00. The smallest absolute Gasteiger partial charge is 0.256 e. The van der Waals surface area contributed by atoms with Crippen molar-refractivity contribution in [2.75, 3.05) is 11.9 Å². The van der Waals surface area contributed by atoms with Gasteiger partial charge in [-0.2, -0.15) is 0 Å². The van der Waals surface area contributed by atoms with E-state index in [-0.39, 0.29) is 17.9 Å². The third kappa shape index (κ3) is 3.19. The first-order valence-corrected chi connectivity index (χ1v) is 10.2. The Morgan fingerprint density at radius 3 is 2.64 bits per heavy atom. The lowest BCUT2D eigenvalue weighted by Gasteiger charge is -2.28. The number of carbonyl (C=O) groups excluding carboxylic acids is 1. The fourth-order valence-corrected chi connectivity index (χ4v) is 5.28. The van der Waals surface area contributed by atoms with Gasteiger partial charge in [0.1, 0.15) is 17.0 Å². The molecular weight excluding hydrogens is 373 g/mol. The van der Waals surface area contributed by atoms with Crippen molar-refractivity contribution in [1.29, 1.82) is 0 Å². The average Bonchev–Trinajstić information content (AvgIpc) is 3.07. The molecule has 1 aromatic heterocycles. The number of fused-ring (bicyclic) bond motifs is 3. The third-order valence-corrected chi connectivity index (χ3v) is 6.51. The average molecular weight is 393 g/mol. The molecule has 6 heteroatoms. The van der Waals surface area contributed by atoms with Gasteiger partial charge in [0.2, 0.25) is 0 Å². The van der Waals surface area contributed by atoms with Crippen LogP contribution in [0.15, 0.2) is 54.6 Å². The zero-order valence-corrected chi connectivity index (χ0v) is 16.1. The summed E-state index contributed by atoms with van der Waals surface area (Å²) in [5.74, 6) is -0.325. The number of nitrogens with one attached hydrogen (secondary N) is 2. The number of anilines is 1. The maximum atomic E-state index is 13.2. The second-order valence-electron chi connectivity index (χ2n) is 7.26. The molecule has 0 spiro atoms. The summed E-state index contributed by atoms with van der Waals surface area (Å²) in [5, 5.41) is 7.37. The van der Waals surface area contributed by atoms with E-state index in [1.807, 2.05) is 6.07 Å². The monoisotopic (exact) mass is 393 g/mol. The Kier molecular flexibility index (Phi) is 4.37. The molecule has 0 saturated carbocycles. The number of amides is 1. The molecule has 1 unspecified atom stereocenters. The van der Waals surface area contributed by atoms with Gasteiger partial charge in [0.25, 0.3) is 5.91 Å². The van der Waals surface area contributed by atoms with Gasteiger partial charge in [-0.3, -0.25) is 9.69 Å². The first-order valence-electron chi connectivity index (χ1n) is 9.41. The largest absolute Gasteiger partial charge is 0.353 e. The Balaban J connectivity index is 1.38. The minimum Gasteiger partial charge on any atom is -0.353 e. The SMILES string of the molecule is O=C1NC(c2ccc(F)cc2)Nc2sc3c(c21)CCN(Cc1ccccc1)C3. The Bertz CT molecular complexity index is 1020. The lowest BCUT2D eigenvalue weighted by molar-refractivity contribution is 0.0934. The molecule has 0 fully saturated rings. The zero-order chi connectivity index (χ0) is 19.1. The van der Waals surface area contributed by atoms with Crippen molar-refractivity contribution in [2.45, 2.75) is 25.7 Å². The molecule has 0 radical (unpaired) electrons. The molecule has 3 aromatic rings. The molecule has 28 heavy (non-hydrogen) atoms. The highest BCUT2D eigenvalue weighted by molar-refractivity contribution is 7.16. The van der Waals surface area contributed by atoms with E-state index >= 15 is 0 Å². The predicted molar refractivity (Wildman–Crippen MR) is 109 cm³/mol. The molecular formula is C22H20FN3OS. The Morgan fingerprint density at radius 2 is 1.86 bits per heavy atom. The Morgan fingerprint density at radius 1 is 1.07 bits per heavy atom. The van der Waals surface area contributed by atoms with Crippen molar-refractivity contribution in [3.63, 3.8) is 0 Å². The summed E-state index contributed by atoms with van der Waals surface area (Å²) in [5.41, 5.74) is 4.11. The molecule has 2 aliphatic heterocycles. The Labute approximate surface area is 167 Å². The minimum atomic E-state index is -0.332. The summed E-state index contributed by atoms with van der Waals surface area (Å²) < 4.78 is 13.2. The molecule has 5 rings (SSSR count). The summed E-state index contributed by atoms with van der Waals surface area (Å²) in [7, 11) is 0. The second-order valence-corrected chi connectivity index (χ2v) is 8.36. The highest BCUT2D eigenvalue weighted by Crippen LogP contribution is 2.40. The number of halogens is 1. The van der Waals surface area contributed by atoms with Crippen molar-refractivity contribution in [2.24, 2.45) is 0 Å². The molecule has 3 heterocycles. The van der Waals surface area contributed by atoms with Crippen LogP contribution in [0.1, 0.15) is 38.1 Å². The van der Waals surface area contributed by atoms with Crippen LogP contribution < -0.4 is 10.6 Å². The zero-order valence-electron chi connectivity index (χ0n) is 15.2. The van der Waals surface area contributed by atoms with Crippen LogP contribution in [0.2, 0.25) is 0 Å². The molecule has 2 N–H and O–H groups in total. The van der Waals surface area contributed by atoms with Crippen LogP contribution in [0.4, 0.5) is 9.39 Å². The first kappa shape index (κ1) is 17.4. The molecule has 0 aliphatic carbocycles. The van der Waals surface area contributed by atoms with Crippen molar-refractivity contribution < 1.29 is 9.18 Å². The van der Waals surface area contributed by atoms with Gasteiger partial charge in [-0.05, 0) is 35.2 Å². The van der Waals surface area contributed by atoms with Crippen LogP contribution in [0.25, 0.3) is 0 Å². The summed E-state index contributed by atoms with van der Waals surface area (Å²) in [6.45, 7) is 2.72. The van der Waals surface area contributed by atoms with E-state index in [1.54, 1.807) is 23.5 Å². The number of carbonyl (C=O) groups is 1. The van der Waals surface area contributed by atoms with Gasteiger partial charge in [-0.1, -0.05) is 42.5 Å². The second kappa shape index (κ2) is 7.04. The van der Waals surface area contributed by atoms with E-state index in [2.05, 4.69) is 39.8 Å². The van der Waals surface area contributed by atoms with Gasteiger partial charge >= 0.3 is 0 Å². The minimum absolute atomic E-state index is 0.0444. The summed E-state index contributed by atoms with van der Waals surface area (Å²) in [6, 6.07) is 16.7. The molecule has 4 nitrogen and oxygen atoms in total. The molecule has 2 aromatic carbocycles. The van der Waals surface area contributed by atoms with Crippen LogP contribution in [0, 0.1) is 5.82 Å². The molecule has 0 bridgehead atoms. The standard InChI is InChI=1S/C22H20FN3OS/c23-16-8-6-15(7-9-16)20-24-21(27)19-17-10-11-26(12-14-4-2-1-3-5-14)13-18(17)28-22(19)25-20/h1-9,20,25H,10-13H2,(H,24,27). The van der Waals surface area contributed by atoms with Crippen LogP contribution in [-0.2, 0) is 19.5 Å². The van der Waals surface area contributed by atoms with E-state index in [0.717, 1.165) is 42.2 Å².